The molecule has 0 aromatic heterocycles. The van der Waals surface area contributed by atoms with Crippen molar-refractivity contribution < 1.29 is 9.47 Å². The summed E-state index contributed by atoms with van der Waals surface area (Å²) in [6.07, 6.45) is 0.329. The third kappa shape index (κ3) is 2.16. The van der Waals surface area contributed by atoms with Crippen molar-refractivity contribution in [3.63, 3.8) is 0 Å². The molecule has 1 heterocycles. The van der Waals surface area contributed by atoms with Crippen molar-refractivity contribution in [3.05, 3.63) is 0 Å². The van der Waals surface area contributed by atoms with Crippen molar-refractivity contribution in [2.75, 3.05) is 19.5 Å². The van der Waals surface area contributed by atoms with Gasteiger partial charge in [-0.05, 0) is 6.92 Å². The van der Waals surface area contributed by atoms with Crippen LogP contribution in [-0.4, -0.2) is 31.0 Å². The van der Waals surface area contributed by atoms with E-state index in [1.54, 1.807) is 7.11 Å². The summed E-state index contributed by atoms with van der Waals surface area (Å²) in [6.45, 7) is 2.80. The van der Waals surface area contributed by atoms with Gasteiger partial charge < -0.3 is 9.47 Å². The fourth-order valence-electron chi connectivity index (χ4n) is 0.866. The van der Waals surface area contributed by atoms with Gasteiger partial charge in [-0.15, -0.1) is 11.8 Å². The Hall–Kier alpha value is 0.270. The van der Waals surface area contributed by atoms with Crippen molar-refractivity contribution in [1.82, 2.24) is 0 Å². The number of rotatable bonds is 2. The molecule has 0 saturated carbocycles. The molecule has 1 fully saturated rings. The highest BCUT2D eigenvalue weighted by atomic mass is 32.2. The molecular weight excluding hydrogens is 136 g/mol. The molecule has 3 heteroatoms. The third-order valence-corrected chi connectivity index (χ3v) is 2.40. The maximum Gasteiger partial charge on any atom is 0.101 e. The standard InChI is InChI=1S/C6H12O2S/c1-5-8-6(3-7-2)4-9-5/h5-6H,3-4H2,1-2H3. The lowest BCUT2D eigenvalue weighted by atomic mass is 10.4. The van der Waals surface area contributed by atoms with E-state index in [1.807, 2.05) is 11.8 Å². The van der Waals surface area contributed by atoms with Crippen LogP contribution in [-0.2, 0) is 9.47 Å². The number of thioether (sulfide) groups is 1. The summed E-state index contributed by atoms with van der Waals surface area (Å²) in [5.74, 6) is 1.08. The number of hydrogen-bond acceptors (Lipinski definition) is 3. The van der Waals surface area contributed by atoms with E-state index in [9.17, 15) is 0 Å². The summed E-state index contributed by atoms with van der Waals surface area (Å²) in [4.78, 5) is 0. The fourth-order valence-corrected chi connectivity index (χ4v) is 1.76. The van der Waals surface area contributed by atoms with Gasteiger partial charge in [-0.25, -0.2) is 0 Å². The Morgan fingerprint density at radius 3 is 3.00 bits per heavy atom. The molecule has 2 unspecified atom stereocenters. The second-order valence-electron chi connectivity index (χ2n) is 2.11. The highest BCUT2D eigenvalue weighted by Crippen LogP contribution is 2.24. The molecule has 0 aliphatic carbocycles. The minimum Gasteiger partial charge on any atom is -0.382 e. The van der Waals surface area contributed by atoms with E-state index in [0.717, 1.165) is 12.4 Å². The Morgan fingerprint density at radius 2 is 2.56 bits per heavy atom. The van der Waals surface area contributed by atoms with Gasteiger partial charge in [0.15, 0.2) is 0 Å². The lowest BCUT2D eigenvalue weighted by Gasteiger charge is -2.06. The average Bonchev–Trinajstić information content (AvgIpc) is 2.17. The summed E-state index contributed by atoms with van der Waals surface area (Å²) in [5, 5.41) is 0. The van der Waals surface area contributed by atoms with E-state index in [1.165, 1.54) is 0 Å². The molecule has 0 bridgehead atoms. The maximum atomic E-state index is 5.44. The molecular formula is C6H12O2S. The smallest absolute Gasteiger partial charge is 0.101 e. The van der Waals surface area contributed by atoms with Crippen molar-refractivity contribution in [1.29, 1.82) is 0 Å². The van der Waals surface area contributed by atoms with Crippen LogP contribution in [0.1, 0.15) is 6.92 Å². The SMILES string of the molecule is COCC1CSC(C)O1. The van der Waals surface area contributed by atoms with Crippen LogP contribution in [0.4, 0.5) is 0 Å². The molecule has 0 amide bonds. The van der Waals surface area contributed by atoms with Gasteiger partial charge in [0.05, 0.1) is 12.7 Å². The van der Waals surface area contributed by atoms with Crippen molar-refractivity contribution in [2.24, 2.45) is 0 Å². The first-order chi connectivity index (χ1) is 4.33. The molecule has 0 radical (unpaired) electrons. The van der Waals surface area contributed by atoms with Gasteiger partial charge in [-0.2, -0.15) is 0 Å². The highest BCUT2D eigenvalue weighted by molar-refractivity contribution is 7.99. The van der Waals surface area contributed by atoms with Crippen LogP contribution in [0.5, 0.6) is 0 Å². The Balaban J connectivity index is 2.14. The van der Waals surface area contributed by atoms with Crippen LogP contribution in [0, 0.1) is 0 Å². The van der Waals surface area contributed by atoms with Crippen molar-refractivity contribution >= 4 is 11.8 Å². The van der Waals surface area contributed by atoms with Crippen LogP contribution in [0.15, 0.2) is 0 Å². The highest BCUT2D eigenvalue weighted by Gasteiger charge is 2.21. The van der Waals surface area contributed by atoms with E-state index in [-0.39, 0.29) is 0 Å². The lowest BCUT2D eigenvalue weighted by molar-refractivity contribution is 0.0174. The van der Waals surface area contributed by atoms with Crippen LogP contribution < -0.4 is 0 Å². The normalized spacial score (nSPS) is 35.3. The summed E-state index contributed by atoms with van der Waals surface area (Å²) in [5.41, 5.74) is 0.366. The summed E-state index contributed by atoms with van der Waals surface area (Å²) < 4.78 is 10.4. The predicted octanol–water partition coefficient (Wildman–Crippen LogP) is 1.11. The first-order valence-electron chi connectivity index (χ1n) is 3.09. The van der Waals surface area contributed by atoms with E-state index in [2.05, 4.69) is 6.92 Å². The summed E-state index contributed by atoms with van der Waals surface area (Å²) >= 11 is 1.84. The van der Waals surface area contributed by atoms with Gasteiger partial charge in [-0.3, -0.25) is 0 Å². The van der Waals surface area contributed by atoms with Crippen LogP contribution in [0.2, 0.25) is 0 Å². The maximum absolute atomic E-state index is 5.44. The second kappa shape index (κ2) is 3.44. The van der Waals surface area contributed by atoms with Crippen LogP contribution in [0.25, 0.3) is 0 Å². The molecule has 0 aromatic rings. The minimum atomic E-state index is 0.329. The summed E-state index contributed by atoms with van der Waals surface area (Å²) in [7, 11) is 1.71. The van der Waals surface area contributed by atoms with Gasteiger partial charge in [0.2, 0.25) is 0 Å². The lowest BCUT2D eigenvalue weighted by Crippen LogP contribution is -2.16. The fraction of sp³-hybridized carbons (Fsp3) is 1.00. The molecule has 0 N–H and O–H groups in total. The molecule has 1 saturated heterocycles. The molecule has 0 aromatic carbocycles. The Kier molecular flexibility index (Phi) is 2.82. The first kappa shape index (κ1) is 7.38. The molecule has 1 aliphatic rings. The van der Waals surface area contributed by atoms with Gasteiger partial charge in [0.1, 0.15) is 5.44 Å². The number of methoxy groups -OCH3 is 1. The molecule has 2 atom stereocenters. The van der Waals surface area contributed by atoms with E-state index >= 15 is 0 Å². The Labute approximate surface area is 59.9 Å². The van der Waals surface area contributed by atoms with Crippen LogP contribution >= 0.6 is 11.8 Å². The number of hydrogen-bond donors (Lipinski definition) is 0. The quantitative estimate of drug-likeness (QED) is 0.584. The minimum absolute atomic E-state index is 0.329. The molecule has 54 valence electrons. The van der Waals surface area contributed by atoms with Gasteiger partial charge in [-0.1, -0.05) is 0 Å². The average molecular weight is 148 g/mol. The molecule has 0 spiro atoms. The van der Waals surface area contributed by atoms with Gasteiger partial charge in [0.25, 0.3) is 0 Å². The Bertz CT molecular complexity index is 85.1. The predicted molar refractivity (Wildman–Crippen MR) is 38.7 cm³/mol. The zero-order valence-corrected chi connectivity index (χ0v) is 6.61. The second-order valence-corrected chi connectivity index (χ2v) is 3.44. The first-order valence-corrected chi connectivity index (χ1v) is 4.14. The molecule has 2 nitrogen and oxygen atoms in total. The number of ether oxygens (including phenoxy) is 2. The van der Waals surface area contributed by atoms with E-state index in [0.29, 0.717) is 11.5 Å². The zero-order valence-electron chi connectivity index (χ0n) is 5.79. The van der Waals surface area contributed by atoms with Gasteiger partial charge >= 0.3 is 0 Å². The topological polar surface area (TPSA) is 18.5 Å². The van der Waals surface area contributed by atoms with E-state index < -0.39 is 0 Å². The third-order valence-electron chi connectivity index (χ3n) is 1.25. The molecule has 9 heavy (non-hydrogen) atoms. The molecule has 1 rings (SSSR count). The van der Waals surface area contributed by atoms with Crippen LogP contribution in [0.3, 0.4) is 0 Å². The Morgan fingerprint density at radius 1 is 1.78 bits per heavy atom. The largest absolute Gasteiger partial charge is 0.382 e. The van der Waals surface area contributed by atoms with Crippen molar-refractivity contribution in [3.8, 4) is 0 Å². The van der Waals surface area contributed by atoms with Gasteiger partial charge in [0, 0.05) is 12.9 Å². The molecule has 1 aliphatic heterocycles. The summed E-state index contributed by atoms with van der Waals surface area (Å²) in [6, 6.07) is 0. The van der Waals surface area contributed by atoms with E-state index in [4.69, 9.17) is 9.47 Å². The van der Waals surface area contributed by atoms with Crippen molar-refractivity contribution in [2.45, 2.75) is 18.5 Å². The monoisotopic (exact) mass is 148 g/mol. The zero-order chi connectivity index (χ0) is 6.69.